The molecular formula is C28H36N8O. The lowest BCUT2D eigenvalue weighted by Crippen LogP contribution is -2.51. The molecule has 0 amide bonds. The number of nitrogens with one attached hydrogen (secondary N) is 1. The molecule has 1 saturated carbocycles. The lowest BCUT2D eigenvalue weighted by molar-refractivity contribution is 0.215. The maximum atomic E-state index is 9.91. The Morgan fingerprint density at radius 2 is 1.95 bits per heavy atom. The van der Waals surface area contributed by atoms with Gasteiger partial charge in [-0.05, 0) is 56.0 Å². The molecule has 1 aliphatic carbocycles. The van der Waals surface area contributed by atoms with Crippen LogP contribution in [0.3, 0.4) is 0 Å². The number of aromatic hydroxyl groups is 1. The van der Waals surface area contributed by atoms with Gasteiger partial charge in [-0.2, -0.15) is 10.2 Å². The molecule has 0 aliphatic heterocycles. The number of hydrogen-bond acceptors (Lipinski definition) is 6. The van der Waals surface area contributed by atoms with E-state index in [2.05, 4.69) is 42.4 Å². The van der Waals surface area contributed by atoms with Gasteiger partial charge in [0.05, 0.1) is 34.8 Å². The molecule has 1 aromatic carbocycles. The molecule has 0 unspecified atom stereocenters. The number of nitrogens with zero attached hydrogens (tertiary/aromatic N) is 5. The second kappa shape index (κ2) is 8.92. The van der Waals surface area contributed by atoms with Crippen molar-refractivity contribution < 1.29 is 5.11 Å². The van der Waals surface area contributed by atoms with E-state index in [9.17, 15) is 5.11 Å². The first kappa shape index (κ1) is 24.8. The molecule has 37 heavy (non-hydrogen) atoms. The summed E-state index contributed by atoms with van der Waals surface area (Å²) >= 11 is 0. The van der Waals surface area contributed by atoms with Crippen LogP contribution in [0.4, 0.5) is 11.4 Å². The Balaban J connectivity index is 1.65. The van der Waals surface area contributed by atoms with Crippen LogP contribution in [-0.2, 0) is 13.5 Å². The molecule has 5 rings (SSSR count). The van der Waals surface area contributed by atoms with Gasteiger partial charge >= 0.3 is 0 Å². The van der Waals surface area contributed by atoms with Gasteiger partial charge in [0.25, 0.3) is 0 Å². The van der Waals surface area contributed by atoms with Crippen LogP contribution in [-0.4, -0.2) is 41.9 Å². The summed E-state index contributed by atoms with van der Waals surface area (Å²) in [5, 5.41) is 22.7. The zero-order valence-electron chi connectivity index (χ0n) is 22.2. The number of phenols is 1. The highest BCUT2D eigenvalue weighted by Gasteiger charge is 2.49. The van der Waals surface area contributed by atoms with Crippen molar-refractivity contribution in [2.24, 2.45) is 28.9 Å². The quantitative estimate of drug-likeness (QED) is 0.230. The minimum atomic E-state index is -0.293. The number of nitrogens with two attached hydrogens (primary N) is 2. The molecule has 9 nitrogen and oxygen atoms in total. The Morgan fingerprint density at radius 3 is 2.59 bits per heavy atom. The van der Waals surface area contributed by atoms with Crippen LogP contribution in [0.2, 0.25) is 0 Å². The number of fused-ring (bicyclic) bond motifs is 1. The number of anilines is 1. The second-order valence-corrected chi connectivity index (χ2v) is 10.9. The van der Waals surface area contributed by atoms with E-state index in [1.54, 1.807) is 29.1 Å². The monoisotopic (exact) mass is 500 g/mol. The molecule has 9 heteroatoms. The first-order chi connectivity index (χ1) is 17.5. The number of phenolic OH excluding ortho intramolecular Hbond substituents is 1. The van der Waals surface area contributed by atoms with Crippen LogP contribution >= 0.6 is 0 Å². The second-order valence-electron chi connectivity index (χ2n) is 10.9. The van der Waals surface area contributed by atoms with E-state index in [0.29, 0.717) is 5.84 Å². The van der Waals surface area contributed by atoms with Crippen molar-refractivity contribution in [3.05, 3.63) is 60.2 Å². The summed E-state index contributed by atoms with van der Waals surface area (Å²) in [6.45, 7) is 8.59. The van der Waals surface area contributed by atoms with Crippen LogP contribution in [0, 0.1) is 5.41 Å². The van der Waals surface area contributed by atoms with E-state index in [1.807, 2.05) is 37.1 Å². The summed E-state index contributed by atoms with van der Waals surface area (Å²) in [6, 6.07) is 7.38. The van der Waals surface area contributed by atoms with Crippen LogP contribution < -0.4 is 16.8 Å². The Morgan fingerprint density at radius 1 is 1.16 bits per heavy atom. The van der Waals surface area contributed by atoms with Gasteiger partial charge in [0.1, 0.15) is 11.6 Å². The summed E-state index contributed by atoms with van der Waals surface area (Å²) in [6.07, 6.45) is 10.2. The maximum absolute atomic E-state index is 9.91. The Bertz CT molecular complexity index is 1490. The van der Waals surface area contributed by atoms with Gasteiger partial charge in [-0.15, -0.1) is 0 Å². The van der Waals surface area contributed by atoms with E-state index < -0.39 is 0 Å². The predicted molar refractivity (Wildman–Crippen MR) is 148 cm³/mol. The fourth-order valence-corrected chi connectivity index (χ4v) is 5.24. The van der Waals surface area contributed by atoms with Gasteiger partial charge in [0.15, 0.2) is 0 Å². The lowest BCUT2D eigenvalue weighted by atomic mass is 9.75. The Kier molecular flexibility index (Phi) is 5.98. The van der Waals surface area contributed by atoms with Crippen LogP contribution in [0.1, 0.15) is 51.7 Å². The summed E-state index contributed by atoms with van der Waals surface area (Å²) in [5.74, 6) is 0.567. The van der Waals surface area contributed by atoms with Crippen molar-refractivity contribution in [2.75, 3.05) is 5.32 Å². The zero-order valence-corrected chi connectivity index (χ0v) is 22.2. The molecule has 0 radical (unpaired) electrons. The fourth-order valence-electron chi connectivity index (χ4n) is 5.24. The highest BCUT2D eigenvalue weighted by Crippen LogP contribution is 2.46. The zero-order chi connectivity index (χ0) is 26.5. The number of aliphatic imine (C=N–C) groups is 1. The summed E-state index contributed by atoms with van der Waals surface area (Å²) in [4.78, 5) is 4.77. The number of amidine groups is 1. The highest BCUT2D eigenvalue weighted by atomic mass is 16.3. The average Bonchev–Trinajstić information content (AvgIpc) is 3.52. The molecule has 2 atom stereocenters. The van der Waals surface area contributed by atoms with Crippen molar-refractivity contribution in [3.63, 3.8) is 0 Å². The SMILES string of the molecule is CCc1cc(O)ccc1N=C(N)c1cnn2cc(-c3cnn(C)c3)cc2c1N[C@@H]1CC[C@](C)(N)C1(C)C. The van der Waals surface area contributed by atoms with Crippen molar-refractivity contribution >= 4 is 22.7 Å². The van der Waals surface area contributed by atoms with Crippen molar-refractivity contribution in [1.29, 1.82) is 0 Å². The largest absolute Gasteiger partial charge is 0.508 e. The third-order valence-corrected chi connectivity index (χ3v) is 8.25. The van der Waals surface area contributed by atoms with E-state index >= 15 is 0 Å². The minimum absolute atomic E-state index is 0.136. The van der Waals surface area contributed by atoms with E-state index in [0.717, 1.165) is 58.4 Å². The molecular weight excluding hydrogens is 464 g/mol. The van der Waals surface area contributed by atoms with Gasteiger partial charge in [0, 0.05) is 47.6 Å². The van der Waals surface area contributed by atoms with E-state index in [-0.39, 0.29) is 22.7 Å². The van der Waals surface area contributed by atoms with E-state index in [4.69, 9.17) is 16.5 Å². The molecule has 0 saturated heterocycles. The van der Waals surface area contributed by atoms with Crippen LogP contribution in [0.25, 0.3) is 16.6 Å². The summed E-state index contributed by atoms with van der Waals surface area (Å²) in [7, 11) is 1.90. The van der Waals surface area contributed by atoms with Crippen LogP contribution in [0.15, 0.2) is 54.0 Å². The van der Waals surface area contributed by atoms with Gasteiger partial charge < -0.3 is 21.9 Å². The highest BCUT2D eigenvalue weighted by molar-refractivity contribution is 6.06. The average molecular weight is 501 g/mol. The maximum Gasteiger partial charge on any atom is 0.135 e. The third-order valence-electron chi connectivity index (χ3n) is 8.25. The van der Waals surface area contributed by atoms with Gasteiger partial charge in [-0.3, -0.25) is 4.68 Å². The van der Waals surface area contributed by atoms with Crippen molar-refractivity contribution in [3.8, 4) is 16.9 Å². The lowest BCUT2D eigenvalue weighted by Gasteiger charge is -2.39. The molecule has 4 aromatic rings. The molecule has 3 aromatic heterocycles. The van der Waals surface area contributed by atoms with Gasteiger partial charge in [-0.25, -0.2) is 9.51 Å². The number of benzene rings is 1. The fraction of sp³-hybridized carbons (Fsp3) is 0.393. The van der Waals surface area contributed by atoms with Crippen molar-refractivity contribution in [1.82, 2.24) is 19.4 Å². The van der Waals surface area contributed by atoms with Gasteiger partial charge in [0.2, 0.25) is 0 Å². The first-order valence-electron chi connectivity index (χ1n) is 12.7. The molecule has 1 fully saturated rings. The number of aromatic nitrogens is 4. The number of hydrogen-bond donors (Lipinski definition) is 4. The molecule has 194 valence electrons. The van der Waals surface area contributed by atoms with Crippen LogP contribution in [0.5, 0.6) is 5.75 Å². The summed E-state index contributed by atoms with van der Waals surface area (Å²) < 4.78 is 3.65. The molecule has 3 heterocycles. The predicted octanol–water partition coefficient (Wildman–Crippen LogP) is 4.36. The smallest absolute Gasteiger partial charge is 0.135 e. The van der Waals surface area contributed by atoms with E-state index in [1.165, 1.54) is 0 Å². The molecule has 0 spiro atoms. The third kappa shape index (κ3) is 4.33. The minimum Gasteiger partial charge on any atom is -0.508 e. The Hall–Kier alpha value is -3.85. The summed E-state index contributed by atoms with van der Waals surface area (Å²) in [5.41, 5.74) is 19.1. The van der Waals surface area contributed by atoms with Crippen molar-refractivity contribution in [2.45, 2.75) is 58.5 Å². The number of aryl methyl sites for hydroxylation is 2. The topological polar surface area (TPSA) is 132 Å². The molecule has 1 aliphatic rings. The first-order valence-corrected chi connectivity index (χ1v) is 12.7. The Labute approximate surface area is 217 Å². The normalized spacial score (nSPS) is 21.6. The standard InChI is InChI=1S/C28H36N8O/c1-6-17-11-20(37)7-8-22(17)33-26(29)21-14-32-36-16-18(19-13-31-35(5)15-19)12-23(36)25(21)34-24-9-10-28(4,30)27(24,2)3/h7-8,11-16,24,34,37H,6,9-10,30H2,1-5H3,(H2,29,33)/t24-,28+/m1/s1. The van der Waals surface area contributed by atoms with Gasteiger partial charge in [-0.1, -0.05) is 20.8 Å². The molecule has 0 bridgehead atoms. The number of rotatable bonds is 6. The molecule has 6 N–H and O–H groups in total.